The Bertz CT molecular complexity index is 464. The van der Waals surface area contributed by atoms with E-state index in [0.29, 0.717) is 0 Å². The van der Waals surface area contributed by atoms with Gasteiger partial charge in [0.15, 0.2) is 0 Å². The van der Waals surface area contributed by atoms with E-state index in [-0.39, 0.29) is 6.54 Å². The van der Waals surface area contributed by atoms with Crippen molar-refractivity contribution in [2.24, 2.45) is 5.73 Å². The summed E-state index contributed by atoms with van der Waals surface area (Å²) in [5.41, 5.74) is 8.95. The molecule has 0 amide bonds. The highest BCUT2D eigenvalue weighted by Crippen LogP contribution is 2.14. The highest BCUT2D eigenvalue weighted by molar-refractivity contribution is 5.25. The van der Waals surface area contributed by atoms with Crippen LogP contribution in [0.2, 0.25) is 0 Å². The van der Waals surface area contributed by atoms with Gasteiger partial charge in [-0.2, -0.15) is 0 Å². The smallest absolute Gasteiger partial charge is 0.0912 e. The lowest BCUT2D eigenvalue weighted by Crippen LogP contribution is -2.11. The summed E-state index contributed by atoms with van der Waals surface area (Å²) in [7, 11) is 0. The summed E-state index contributed by atoms with van der Waals surface area (Å²) in [5, 5.41) is 9.60. The normalized spacial score (nSPS) is 12.3. The Balaban J connectivity index is 1.94. The minimum atomic E-state index is -0.548. The number of aliphatic hydroxyl groups is 1. The van der Waals surface area contributed by atoms with Crippen LogP contribution >= 0.6 is 0 Å². The molecule has 2 rings (SSSR count). The lowest BCUT2D eigenvalue weighted by molar-refractivity contribution is 0.186. The minimum Gasteiger partial charge on any atom is -0.387 e. The Morgan fingerprint density at radius 2 is 1.39 bits per heavy atom. The van der Waals surface area contributed by atoms with Crippen LogP contribution < -0.4 is 5.73 Å². The van der Waals surface area contributed by atoms with Gasteiger partial charge in [0, 0.05) is 6.54 Å². The van der Waals surface area contributed by atoms with E-state index in [1.54, 1.807) is 0 Å². The second-order valence-corrected chi connectivity index (χ2v) is 4.48. The Labute approximate surface area is 108 Å². The number of aryl methyl sites for hydroxylation is 2. The van der Waals surface area contributed by atoms with Crippen molar-refractivity contribution in [2.75, 3.05) is 6.54 Å². The molecule has 0 aliphatic rings. The quantitative estimate of drug-likeness (QED) is 0.844. The Morgan fingerprint density at radius 3 is 1.94 bits per heavy atom. The molecule has 94 valence electrons. The lowest BCUT2D eigenvalue weighted by Gasteiger charge is -2.09. The van der Waals surface area contributed by atoms with E-state index in [1.165, 1.54) is 11.1 Å². The molecule has 0 heterocycles. The maximum absolute atomic E-state index is 9.60. The SMILES string of the molecule is NCC(O)c1ccc(CCc2ccccc2)cc1. The third-order valence-corrected chi connectivity index (χ3v) is 3.13. The van der Waals surface area contributed by atoms with E-state index in [0.717, 1.165) is 18.4 Å². The topological polar surface area (TPSA) is 46.2 Å². The van der Waals surface area contributed by atoms with Crippen molar-refractivity contribution in [1.29, 1.82) is 0 Å². The molecule has 0 aliphatic heterocycles. The molecule has 0 saturated heterocycles. The van der Waals surface area contributed by atoms with Crippen LogP contribution in [-0.4, -0.2) is 11.7 Å². The van der Waals surface area contributed by atoms with Crippen molar-refractivity contribution in [3.8, 4) is 0 Å². The fraction of sp³-hybridized carbons (Fsp3) is 0.250. The van der Waals surface area contributed by atoms with E-state index in [1.807, 2.05) is 18.2 Å². The molecule has 0 radical (unpaired) electrons. The van der Waals surface area contributed by atoms with E-state index in [2.05, 4.69) is 36.4 Å². The zero-order chi connectivity index (χ0) is 12.8. The van der Waals surface area contributed by atoms with Crippen molar-refractivity contribution in [2.45, 2.75) is 18.9 Å². The van der Waals surface area contributed by atoms with E-state index in [9.17, 15) is 5.11 Å². The molecule has 0 saturated carbocycles. The molecular weight excluding hydrogens is 222 g/mol. The van der Waals surface area contributed by atoms with Gasteiger partial charge in [-0.05, 0) is 29.5 Å². The first kappa shape index (κ1) is 12.8. The van der Waals surface area contributed by atoms with E-state index < -0.39 is 6.10 Å². The summed E-state index contributed by atoms with van der Waals surface area (Å²) >= 11 is 0. The monoisotopic (exact) mass is 241 g/mol. The maximum Gasteiger partial charge on any atom is 0.0912 e. The van der Waals surface area contributed by atoms with Crippen LogP contribution in [0.15, 0.2) is 54.6 Å². The molecule has 2 aromatic carbocycles. The average molecular weight is 241 g/mol. The summed E-state index contributed by atoms with van der Waals surface area (Å²) in [6.45, 7) is 0.267. The van der Waals surface area contributed by atoms with Crippen molar-refractivity contribution in [3.63, 3.8) is 0 Å². The van der Waals surface area contributed by atoms with Gasteiger partial charge < -0.3 is 10.8 Å². The standard InChI is InChI=1S/C16H19NO/c17-12-16(18)15-10-8-14(9-11-15)7-6-13-4-2-1-3-5-13/h1-5,8-11,16,18H,6-7,12,17H2. The van der Waals surface area contributed by atoms with Crippen LogP contribution in [-0.2, 0) is 12.8 Å². The fourth-order valence-electron chi connectivity index (χ4n) is 1.98. The number of benzene rings is 2. The average Bonchev–Trinajstić information content (AvgIpc) is 2.46. The highest BCUT2D eigenvalue weighted by atomic mass is 16.3. The largest absolute Gasteiger partial charge is 0.387 e. The number of nitrogens with two attached hydrogens (primary N) is 1. The maximum atomic E-state index is 9.60. The highest BCUT2D eigenvalue weighted by Gasteiger charge is 2.04. The fourth-order valence-corrected chi connectivity index (χ4v) is 1.98. The second kappa shape index (κ2) is 6.34. The molecule has 3 N–H and O–H groups in total. The first-order valence-electron chi connectivity index (χ1n) is 6.30. The summed E-state index contributed by atoms with van der Waals surface area (Å²) in [4.78, 5) is 0. The van der Waals surface area contributed by atoms with E-state index in [4.69, 9.17) is 5.73 Å². The molecular formula is C16H19NO. The predicted octanol–water partition coefficient (Wildman–Crippen LogP) is 2.46. The molecule has 0 aliphatic carbocycles. The predicted molar refractivity (Wildman–Crippen MR) is 74.3 cm³/mol. The number of rotatable bonds is 5. The number of hydrogen-bond donors (Lipinski definition) is 2. The molecule has 1 atom stereocenters. The molecule has 0 fully saturated rings. The lowest BCUT2D eigenvalue weighted by atomic mass is 10.0. The van der Waals surface area contributed by atoms with Crippen molar-refractivity contribution < 1.29 is 5.11 Å². The van der Waals surface area contributed by atoms with Crippen molar-refractivity contribution in [3.05, 3.63) is 71.3 Å². The number of hydrogen-bond acceptors (Lipinski definition) is 2. The van der Waals surface area contributed by atoms with Gasteiger partial charge in [-0.1, -0.05) is 54.6 Å². The van der Waals surface area contributed by atoms with Crippen LogP contribution in [0.5, 0.6) is 0 Å². The number of aliphatic hydroxyl groups excluding tert-OH is 1. The van der Waals surface area contributed by atoms with Crippen LogP contribution in [0.3, 0.4) is 0 Å². The molecule has 18 heavy (non-hydrogen) atoms. The molecule has 2 heteroatoms. The molecule has 1 unspecified atom stereocenters. The first-order chi connectivity index (χ1) is 8.79. The Morgan fingerprint density at radius 1 is 0.833 bits per heavy atom. The van der Waals surface area contributed by atoms with Gasteiger partial charge in [-0.15, -0.1) is 0 Å². The Hall–Kier alpha value is -1.64. The third kappa shape index (κ3) is 3.42. The van der Waals surface area contributed by atoms with Gasteiger partial charge >= 0.3 is 0 Å². The molecule has 2 aromatic rings. The zero-order valence-corrected chi connectivity index (χ0v) is 10.4. The zero-order valence-electron chi connectivity index (χ0n) is 10.4. The summed E-state index contributed by atoms with van der Waals surface area (Å²) < 4.78 is 0. The van der Waals surface area contributed by atoms with Crippen molar-refractivity contribution >= 4 is 0 Å². The van der Waals surface area contributed by atoms with Crippen LogP contribution in [0.25, 0.3) is 0 Å². The molecule has 0 spiro atoms. The minimum absolute atomic E-state index is 0.267. The van der Waals surface area contributed by atoms with Gasteiger partial charge in [0.2, 0.25) is 0 Å². The molecule has 2 nitrogen and oxygen atoms in total. The second-order valence-electron chi connectivity index (χ2n) is 4.48. The Kier molecular flexibility index (Phi) is 4.51. The van der Waals surface area contributed by atoms with Gasteiger partial charge in [-0.25, -0.2) is 0 Å². The van der Waals surface area contributed by atoms with Gasteiger partial charge in [0.05, 0.1) is 6.10 Å². The third-order valence-electron chi connectivity index (χ3n) is 3.13. The van der Waals surface area contributed by atoms with Gasteiger partial charge in [-0.3, -0.25) is 0 Å². The molecule has 0 bridgehead atoms. The summed E-state index contributed by atoms with van der Waals surface area (Å²) in [6.07, 6.45) is 1.51. The first-order valence-corrected chi connectivity index (χ1v) is 6.30. The van der Waals surface area contributed by atoms with Gasteiger partial charge in [0.1, 0.15) is 0 Å². The van der Waals surface area contributed by atoms with Crippen LogP contribution in [0, 0.1) is 0 Å². The molecule has 0 aromatic heterocycles. The van der Waals surface area contributed by atoms with Crippen LogP contribution in [0.1, 0.15) is 22.8 Å². The summed E-state index contributed by atoms with van der Waals surface area (Å²) in [5.74, 6) is 0. The van der Waals surface area contributed by atoms with Crippen LogP contribution in [0.4, 0.5) is 0 Å². The van der Waals surface area contributed by atoms with Gasteiger partial charge in [0.25, 0.3) is 0 Å². The van der Waals surface area contributed by atoms with Crippen molar-refractivity contribution in [1.82, 2.24) is 0 Å². The van der Waals surface area contributed by atoms with E-state index >= 15 is 0 Å². The summed E-state index contributed by atoms with van der Waals surface area (Å²) in [6, 6.07) is 18.5.